The van der Waals surface area contributed by atoms with E-state index in [2.05, 4.69) is 4.98 Å². The van der Waals surface area contributed by atoms with Crippen LogP contribution in [0.2, 0.25) is 0 Å². The minimum atomic E-state index is -0.508. The van der Waals surface area contributed by atoms with Gasteiger partial charge >= 0.3 is 6.09 Å². The van der Waals surface area contributed by atoms with Gasteiger partial charge in [-0.3, -0.25) is 0 Å². The van der Waals surface area contributed by atoms with Gasteiger partial charge in [0.05, 0.1) is 6.04 Å². The molecule has 5 nitrogen and oxygen atoms in total. The van der Waals surface area contributed by atoms with Crippen molar-refractivity contribution in [3.05, 3.63) is 59.8 Å². The SMILES string of the molecule is CC(C)(C)OC(=O)N1CCC[C@@H]1c1cccnc1OCc1ccccc1. The number of ether oxygens (including phenoxy) is 2. The summed E-state index contributed by atoms with van der Waals surface area (Å²) in [6.07, 6.45) is 3.26. The van der Waals surface area contributed by atoms with Crippen molar-refractivity contribution in [2.24, 2.45) is 0 Å². The van der Waals surface area contributed by atoms with E-state index < -0.39 is 5.60 Å². The molecule has 2 heterocycles. The molecule has 0 saturated carbocycles. The predicted octanol–water partition coefficient (Wildman–Crippen LogP) is 4.73. The van der Waals surface area contributed by atoms with Crippen molar-refractivity contribution >= 4 is 6.09 Å². The first-order chi connectivity index (χ1) is 12.4. The first-order valence-corrected chi connectivity index (χ1v) is 9.05. The van der Waals surface area contributed by atoms with Gasteiger partial charge in [0.25, 0.3) is 0 Å². The summed E-state index contributed by atoms with van der Waals surface area (Å²) in [6, 6.07) is 13.8. The summed E-state index contributed by atoms with van der Waals surface area (Å²) in [5.41, 5.74) is 1.51. The Balaban J connectivity index is 1.76. The number of hydrogen-bond acceptors (Lipinski definition) is 4. The lowest BCUT2D eigenvalue weighted by Crippen LogP contribution is -2.36. The molecule has 1 aromatic heterocycles. The maximum absolute atomic E-state index is 12.6. The Hall–Kier alpha value is -2.56. The lowest BCUT2D eigenvalue weighted by molar-refractivity contribution is 0.0222. The van der Waals surface area contributed by atoms with Gasteiger partial charge in [-0.05, 0) is 45.2 Å². The molecule has 0 radical (unpaired) electrons. The van der Waals surface area contributed by atoms with E-state index in [1.54, 1.807) is 11.1 Å². The first-order valence-electron chi connectivity index (χ1n) is 9.05. The van der Waals surface area contributed by atoms with Gasteiger partial charge in [0.1, 0.15) is 12.2 Å². The number of benzene rings is 1. The fraction of sp³-hybridized carbons (Fsp3) is 0.429. The highest BCUT2D eigenvalue weighted by molar-refractivity contribution is 5.69. The molecular weight excluding hydrogens is 328 g/mol. The maximum Gasteiger partial charge on any atom is 0.410 e. The fourth-order valence-corrected chi connectivity index (χ4v) is 3.13. The van der Waals surface area contributed by atoms with Crippen LogP contribution in [0.3, 0.4) is 0 Å². The Morgan fingerprint density at radius 3 is 2.69 bits per heavy atom. The molecule has 0 bridgehead atoms. The lowest BCUT2D eigenvalue weighted by atomic mass is 10.1. The van der Waals surface area contributed by atoms with E-state index in [1.165, 1.54) is 0 Å². The zero-order valence-electron chi connectivity index (χ0n) is 15.6. The van der Waals surface area contributed by atoms with Gasteiger partial charge < -0.3 is 14.4 Å². The molecule has 1 aliphatic rings. The molecular formula is C21H26N2O3. The molecule has 1 atom stereocenters. The Morgan fingerprint density at radius 1 is 1.19 bits per heavy atom. The normalized spacial score (nSPS) is 17.2. The van der Waals surface area contributed by atoms with Gasteiger partial charge in [-0.2, -0.15) is 0 Å². The minimum absolute atomic E-state index is 0.0654. The largest absolute Gasteiger partial charge is 0.473 e. The number of carbonyl (C=O) groups excluding carboxylic acids is 1. The van der Waals surface area contributed by atoms with Crippen LogP contribution in [0.1, 0.15) is 50.8 Å². The maximum atomic E-state index is 12.6. The van der Waals surface area contributed by atoms with Gasteiger partial charge in [0.15, 0.2) is 0 Å². The van der Waals surface area contributed by atoms with E-state index in [0.717, 1.165) is 24.0 Å². The molecule has 1 aromatic carbocycles. The molecule has 5 heteroatoms. The lowest BCUT2D eigenvalue weighted by Gasteiger charge is -2.29. The number of aromatic nitrogens is 1. The number of nitrogens with zero attached hydrogens (tertiary/aromatic N) is 2. The van der Waals surface area contributed by atoms with E-state index in [1.807, 2.05) is 63.2 Å². The zero-order valence-corrected chi connectivity index (χ0v) is 15.6. The van der Waals surface area contributed by atoms with Crippen molar-refractivity contribution in [3.8, 4) is 5.88 Å². The molecule has 138 valence electrons. The molecule has 3 rings (SSSR count). The smallest absolute Gasteiger partial charge is 0.410 e. The number of pyridine rings is 1. The first kappa shape index (κ1) is 18.2. The van der Waals surface area contributed by atoms with E-state index >= 15 is 0 Å². The van der Waals surface area contributed by atoms with Crippen LogP contribution in [-0.4, -0.2) is 28.1 Å². The molecule has 1 aliphatic heterocycles. The van der Waals surface area contributed by atoms with Crippen LogP contribution in [0.5, 0.6) is 5.88 Å². The average molecular weight is 354 g/mol. The highest BCUT2D eigenvalue weighted by Crippen LogP contribution is 2.37. The van der Waals surface area contributed by atoms with Gasteiger partial charge in [-0.25, -0.2) is 9.78 Å². The van der Waals surface area contributed by atoms with Crippen LogP contribution in [0, 0.1) is 0 Å². The summed E-state index contributed by atoms with van der Waals surface area (Å²) < 4.78 is 11.5. The van der Waals surface area contributed by atoms with Crippen LogP contribution < -0.4 is 4.74 Å². The van der Waals surface area contributed by atoms with Gasteiger partial charge in [-0.15, -0.1) is 0 Å². The molecule has 0 spiro atoms. The second kappa shape index (κ2) is 7.77. The summed E-state index contributed by atoms with van der Waals surface area (Å²) in [5, 5.41) is 0. The van der Waals surface area contributed by atoms with Crippen LogP contribution in [0.4, 0.5) is 4.79 Å². The second-order valence-corrected chi connectivity index (χ2v) is 7.50. The standard InChI is InChI=1S/C21H26N2O3/c1-21(2,3)26-20(24)23-14-8-12-18(23)17-11-7-13-22-19(17)25-15-16-9-5-4-6-10-16/h4-7,9-11,13,18H,8,12,14-15H2,1-3H3/t18-/m1/s1. The number of hydrogen-bond donors (Lipinski definition) is 0. The molecule has 1 fully saturated rings. The average Bonchev–Trinajstić information content (AvgIpc) is 3.09. The minimum Gasteiger partial charge on any atom is -0.473 e. The van der Waals surface area contributed by atoms with Gasteiger partial charge in [0.2, 0.25) is 5.88 Å². The summed E-state index contributed by atoms with van der Waals surface area (Å²) in [5.74, 6) is 0.580. The highest BCUT2D eigenvalue weighted by Gasteiger charge is 2.35. The third-order valence-electron chi connectivity index (χ3n) is 4.26. The number of carbonyl (C=O) groups is 1. The van der Waals surface area contributed by atoms with E-state index in [9.17, 15) is 4.79 Å². The summed E-state index contributed by atoms with van der Waals surface area (Å²) in [6.45, 7) is 6.79. The van der Waals surface area contributed by atoms with Crippen molar-refractivity contribution in [2.75, 3.05) is 6.54 Å². The summed E-state index contributed by atoms with van der Waals surface area (Å²) in [4.78, 5) is 18.8. The van der Waals surface area contributed by atoms with E-state index in [4.69, 9.17) is 9.47 Å². The van der Waals surface area contributed by atoms with Gasteiger partial charge in [0, 0.05) is 18.3 Å². The van der Waals surface area contributed by atoms with Crippen molar-refractivity contribution in [1.29, 1.82) is 0 Å². The Kier molecular flexibility index (Phi) is 5.45. The third-order valence-corrected chi connectivity index (χ3v) is 4.26. The molecule has 0 N–H and O–H groups in total. The van der Waals surface area contributed by atoms with Crippen molar-refractivity contribution < 1.29 is 14.3 Å². The van der Waals surface area contributed by atoms with Crippen LogP contribution >= 0.6 is 0 Å². The Bertz CT molecular complexity index is 740. The quantitative estimate of drug-likeness (QED) is 0.796. The van der Waals surface area contributed by atoms with Crippen molar-refractivity contribution in [1.82, 2.24) is 9.88 Å². The number of likely N-dealkylation sites (tertiary alicyclic amines) is 1. The monoisotopic (exact) mass is 354 g/mol. The van der Waals surface area contributed by atoms with Crippen molar-refractivity contribution in [3.63, 3.8) is 0 Å². The second-order valence-electron chi connectivity index (χ2n) is 7.50. The number of amides is 1. The van der Waals surface area contributed by atoms with E-state index in [-0.39, 0.29) is 12.1 Å². The van der Waals surface area contributed by atoms with E-state index in [0.29, 0.717) is 19.0 Å². The predicted molar refractivity (Wildman–Crippen MR) is 99.9 cm³/mol. The van der Waals surface area contributed by atoms with Crippen molar-refractivity contribution in [2.45, 2.75) is 51.9 Å². The molecule has 0 unspecified atom stereocenters. The Morgan fingerprint density at radius 2 is 1.96 bits per heavy atom. The van der Waals surface area contributed by atoms with Gasteiger partial charge in [-0.1, -0.05) is 36.4 Å². The zero-order chi connectivity index (χ0) is 18.6. The molecule has 2 aromatic rings. The fourth-order valence-electron chi connectivity index (χ4n) is 3.13. The molecule has 1 amide bonds. The Labute approximate surface area is 155 Å². The third kappa shape index (κ3) is 4.54. The van der Waals surface area contributed by atoms with Crippen LogP contribution in [0.25, 0.3) is 0 Å². The molecule has 26 heavy (non-hydrogen) atoms. The summed E-state index contributed by atoms with van der Waals surface area (Å²) in [7, 11) is 0. The number of rotatable bonds is 4. The van der Waals surface area contributed by atoms with Crippen LogP contribution in [-0.2, 0) is 11.3 Å². The molecule has 1 saturated heterocycles. The topological polar surface area (TPSA) is 51.7 Å². The molecule has 0 aliphatic carbocycles. The highest BCUT2D eigenvalue weighted by atomic mass is 16.6. The summed E-state index contributed by atoms with van der Waals surface area (Å²) >= 11 is 0. The van der Waals surface area contributed by atoms with Crippen LogP contribution in [0.15, 0.2) is 48.7 Å².